The Morgan fingerprint density at radius 3 is 2.73 bits per heavy atom. The molecule has 2 rings (SSSR count). The van der Waals surface area contributed by atoms with Crippen LogP contribution in [0.4, 0.5) is 0 Å². The molecule has 7 heteroatoms. The quantitative estimate of drug-likeness (QED) is 0.799. The Morgan fingerprint density at radius 1 is 1.27 bits per heavy atom. The van der Waals surface area contributed by atoms with Crippen molar-refractivity contribution in [3.8, 4) is 11.8 Å². The zero-order valence-corrected chi connectivity index (χ0v) is 14.9. The van der Waals surface area contributed by atoms with Gasteiger partial charge >= 0.3 is 5.97 Å². The van der Waals surface area contributed by atoms with Crippen LogP contribution >= 0.6 is 0 Å². The van der Waals surface area contributed by atoms with Gasteiger partial charge in [-0.2, -0.15) is 5.26 Å². The zero-order valence-electron chi connectivity index (χ0n) is 14.9. The van der Waals surface area contributed by atoms with E-state index in [4.69, 9.17) is 19.2 Å². The molecular weight excluding hydrogens is 336 g/mol. The number of carbonyl (C=O) groups is 2. The van der Waals surface area contributed by atoms with E-state index in [-0.39, 0.29) is 18.9 Å². The molecule has 1 N–H and O–H groups in total. The molecule has 136 valence electrons. The summed E-state index contributed by atoms with van der Waals surface area (Å²) in [4.78, 5) is 23.9. The van der Waals surface area contributed by atoms with Crippen molar-refractivity contribution in [2.24, 2.45) is 0 Å². The van der Waals surface area contributed by atoms with Crippen LogP contribution in [0.2, 0.25) is 0 Å². The van der Waals surface area contributed by atoms with Crippen molar-refractivity contribution in [2.45, 2.75) is 33.0 Å². The van der Waals surface area contributed by atoms with Gasteiger partial charge in [0.25, 0.3) is 5.91 Å². The summed E-state index contributed by atoms with van der Waals surface area (Å²) in [6.07, 6.45) is 1.37. The molecule has 1 aromatic carbocycles. The summed E-state index contributed by atoms with van der Waals surface area (Å²) in [6, 6.07) is 10.3. The van der Waals surface area contributed by atoms with Crippen molar-refractivity contribution in [2.75, 3.05) is 6.54 Å². The molecule has 0 radical (unpaired) electrons. The second-order valence-electron chi connectivity index (χ2n) is 6.47. The molecule has 1 amide bonds. The number of hydrogen-bond acceptors (Lipinski definition) is 6. The van der Waals surface area contributed by atoms with Crippen LogP contribution in [0.25, 0.3) is 0 Å². The fraction of sp³-hybridized carbons (Fsp3) is 0.316. The first-order valence-corrected chi connectivity index (χ1v) is 7.98. The molecule has 0 aliphatic rings. The van der Waals surface area contributed by atoms with Gasteiger partial charge in [-0.05, 0) is 45.0 Å². The van der Waals surface area contributed by atoms with Crippen molar-refractivity contribution in [1.82, 2.24) is 5.32 Å². The summed E-state index contributed by atoms with van der Waals surface area (Å²) in [6.45, 7) is 5.06. The minimum absolute atomic E-state index is 0.0602. The van der Waals surface area contributed by atoms with Gasteiger partial charge < -0.3 is 19.2 Å². The minimum atomic E-state index is -0.622. The second-order valence-corrected chi connectivity index (χ2v) is 6.47. The molecule has 1 heterocycles. The van der Waals surface area contributed by atoms with Crippen LogP contribution in [0.15, 0.2) is 41.0 Å². The van der Waals surface area contributed by atoms with Crippen LogP contribution in [0, 0.1) is 11.3 Å². The normalized spacial score (nSPS) is 10.7. The van der Waals surface area contributed by atoms with Gasteiger partial charge in [-0.25, -0.2) is 0 Å². The number of hydrogen-bond donors (Lipinski definition) is 1. The third kappa shape index (κ3) is 5.67. The van der Waals surface area contributed by atoms with Gasteiger partial charge in [-0.3, -0.25) is 9.59 Å². The van der Waals surface area contributed by atoms with Crippen LogP contribution < -0.4 is 10.1 Å². The van der Waals surface area contributed by atoms with Gasteiger partial charge in [-0.1, -0.05) is 6.07 Å². The summed E-state index contributed by atoms with van der Waals surface area (Å²) in [5, 5.41) is 11.4. The highest BCUT2D eigenvalue weighted by atomic mass is 16.6. The number of esters is 1. The summed E-state index contributed by atoms with van der Waals surface area (Å²) >= 11 is 0. The maximum absolute atomic E-state index is 12.2. The van der Waals surface area contributed by atoms with Crippen LogP contribution in [0.3, 0.4) is 0 Å². The molecule has 0 unspecified atom stereocenters. The van der Waals surface area contributed by atoms with Crippen molar-refractivity contribution >= 4 is 11.9 Å². The SMILES string of the molecule is CC(C)(C)OC(=O)CNC(=O)c1occc1COc1cccc(C#N)c1. The predicted molar refractivity (Wildman–Crippen MR) is 92.4 cm³/mol. The smallest absolute Gasteiger partial charge is 0.325 e. The molecule has 0 spiro atoms. The van der Waals surface area contributed by atoms with Gasteiger partial charge in [0.2, 0.25) is 0 Å². The number of benzene rings is 1. The molecule has 0 aliphatic carbocycles. The predicted octanol–water partition coefficient (Wildman–Crippen LogP) is 2.80. The molecule has 0 saturated carbocycles. The lowest BCUT2D eigenvalue weighted by molar-refractivity contribution is -0.153. The maximum atomic E-state index is 12.2. The van der Waals surface area contributed by atoms with Gasteiger partial charge in [0.1, 0.15) is 24.5 Å². The number of carbonyl (C=O) groups excluding carboxylic acids is 2. The topological polar surface area (TPSA) is 102 Å². The van der Waals surface area contributed by atoms with Gasteiger partial charge in [-0.15, -0.1) is 0 Å². The number of ether oxygens (including phenoxy) is 2. The van der Waals surface area contributed by atoms with Crippen LogP contribution in [0.1, 0.15) is 42.5 Å². The van der Waals surface area contributed by atoms with E-state index >= 15 is 0 Å². The molecule has 0 atom stereocenters. The summed E-state index contributed by atoms with van der Waals surface area (Å²) in [5.41, 5.74) is 0.378. The first kappa shape index (κ1) is 19.1. The molecule has 26 heavy (non-hydrogen) atoms. The van der Waals surface area contributed by atoms with Crippen molar-refractivity contribution in [1.29, 1.82) is 5.26 Å². The number of furan rings is 1. The monoisotopic (exact) mass is 356 g/mol. The molecule has 1 aromatic heterocycles. The van der Waals surface area contributed by atoms with Crippen molar-refractivity contribution < 1.29 is 23.5 Å². The largest absolute Gasteiger partial charge is 0.489 e. The molecule has 7 nitrogen and oxygen atoms in total. The van der Waals surface area contributed by atoms with E-state index < -0.39 is 17.5 Å². The zero-order chi connectivity index (χ0) is 19.2. The van der Waals surface area contributed by atoms with E-state index in [1.54, 1.807) is 51.1 Å². The average Bonchev–Trinajstić information content (AvgIpc) is 3.05. The van der Waals surface area contributed by atoms with E-state index in [0.717, 1.165) is 0 Å². The summed E-state index contributed by atoms with van der Waals surface area (Å²) in [5.74, 6) is -0.510. The Hall–Kier alpha value is -3.27. The lowest BCUT2D eigenvalue weighted by Gasteiger charge is -2.19. The molecule has 2 aromatic rings. The first-order chi connectivity index (χ1) is 12.3. The lowest BCUT2D eigenvalue weighted by atomic mass is 10.2. The Kier molecular flexibility index (Phi) is 6.02. The summed E-state index contributed by atoms with van der Waals surface area (Å²) < 4.78 is 15.9. The molecular formula is C19H20N2O5. The standard InChI is InChI=1S/C19H20N2O5/c1-19(2,3)26-16(22)11-21-18(23)17-14(7-8-24-17)12-25-15-6-4-5-13(9-15)10-20/h4-9H,11-12H2,1-3H3,(H,21,23). The van der Waals surface area contributed by atoms with Crippen molar-refractivity contribution in [3.63, 3.8) is 0 Å². The van der Waals surface area contributed by atoms with E-state index in [9.17, 15) is 9.59 Å². The molecule has 0 bridgehead atoms. The average molecular weight is 356 g/mol. The maximum Gasteiger partial charge on any atom is 0.325 e. The number of nitrogens with one attached hydrogen (secondary N) is 1. The minimum Gasteiger partial charge on any atom is -0.489 e. The molecule has 0 fully saturated rings. The Balaban J connectivity index is 1.93. The summed E-state index contributed by atoms with van der Waals surface area (Å²) in [7, 11) is 0. The van der Waals surface area contributed by atoms with E-state index in [1.807, 2.05) is 6.07 Å². The number of amides is 1. The number of nitriles is 1. The van der Waals surface area contributed by atoms with Gasteiger partial charge in [0.05, 0.1) is 17.9 Å². The molecule has 0 saturated heterocycles. The van der Waals surface area contributed by atoms with Gasteiger partial charge in [0, 0.05) is 5.56 Å². The second kappa shape index (κ2) is 8.21. The highest BCUT2D eigenvalue weighted by molar-refractivity contribution is 5.94. The van der Waals surface area contributed by atoms with E-state index in [2.05, 4.69) is 5.32 Å². The highest BCUT2D eigenvalue weighted by Crippen LogP contribution is 2.17. The fourth-order valence-electron chi connectivity index (χ4n) is 2.08. The highest BCUT2D eigenvalue weighted by Gasteiger charge is 2.20. The van der Waals surface area contributed by atoms with E-state index in [1.165, 1.54) is 6.26 Å². The van der Waals surface area contributed by atoms with E-state index in [0.29, 0.717) is 16.9 Å². The first-order valence-electron chi connectivity index (χ1n) is 7.98. The van der Waals surface area contributed by atoms with Gasteiger partial charge in [0.15, 0.2) is 5.76 Å². The van der Waals surface area contributed by atoms with Crippen LogP contribution in [-0.2, 0) is 16.1 Å². The number of nitrogens with zero attached hydrogens (tertiary/aromatic N) is 1. The Labute approximate surface area is 151 Å². The van der Waals surface area contributed by atoms with Crippen LogP contribution in [0.5, 0.6) is 5.75 Å². The Bertz CT molecular complexity index is 827. The fourth-order valence-corrected chi connectivity index (χ4v) is 2.08. The van der Waals surface area contributed by atoms with Crippen LogP contribution in [-0.4, -0.2) is 24.0 Å². The third-order valence-corrected chi connectivity index (χ3v) is 3.12. The lowest BCUT2D eigenvalue weighted by Crippen LogP contribution is -2.34. The molecule has 0 aliphatic heterocycles. The Morgan fingerprint density at radius 2 is 2.04 bits per heavy atom. The third-order valence-electron chi connectivity index (χ3n) is 3.12. The van der Waals surface area contributed by atoms with Crippen molar-refractivity contribution in [3.05, 3.63) is 53.5 Å². The number of rotatable bonds is 6.